The largest absolute Gasteiger partial charge is 0.296 e. The molecule has 66 valence electrons. The van der Waals surface area contributed by atoms with E-state index in [1.807, 2.05) is 18.2 Å². The summed E-state index contributed by atoms with van der Waals surface area (Å²) in [5, 5.41) is 5.08. The van der Waals surface area contributed by atoms with E-state index in [0.717, 1.165) is 21.7 Å². The molecule has 0 aliphatic heterocycles. The van der Waals surface area contributed by atoms with E-state index >= 15 is 0 Å². The Labute approximate surface area is 83.5 Å². The van der Waals surface area contributed by atoms with Crippen LogP contribution >= 0.6 is 15.9 Å². The second-order valence-electron chi connectivity index (χ2n) is 2.76. The summed E-state index contributed by atoms with van der Waals surface area (Å²) in [5.74, 6) is 0. The van der Waals surface area contributed by atoms with Crippen molar-refractivity contribution in [2.24, 2.45) is 7.05 Å². The van der Waals surface area contributed by atoms with E-state index in [1.165, 1.54) is 0 Å². The van der Waals surface area contributed by atoms with Gasteiger partial charge in [0.25, 0.3) is 0 Å². The molecule has 0 unspecified atom stereocenters. The number of aryl methyl sites for hydroxylation is 1. The van der Waals surface area contributed by atoms with E-state index in [2.05, 4.69) is 21.0 Å². The van der Waals surface area contributed by atoms with Gasteiger partial charge in [0, 0.05) is 16.9 Å². The molecule has 4 heteroatoms. The Morgan fingerprint density at radius 3 is 3.00 bits per heavy atom. The van der Waals surface area contributed by atoms with Crippen LogP contribution < -0.4 is 0 Å². The van der Waals surface area contributed by atoms with Gasteiger partial charge < -0.3 is 0 Å². The molecule has 0 saturated heterocycles. The van der Waals surface area contributed by atoms with E-state index in [9.17, 15) is 4.79 Å². The van der Waals surface area contributed by atoms with Crippen LogP contribution in [0.2, 0.25) is 0 Å². The van der Waals surface area contributed by atoms with Gasteiger partial charge in [0.05, 0.1) is 5.52 Å². The van der Waals surface area contributed by atoms with E-state index < -0.39 is 0 Å². The minimum atomic E-state index is 0.600. The average Bonchev–Trinajstić information content (AvgIpc) is 2.42. The number of carbonyl (C=O) groups is 1. The molecular weight excluding hydrogens is 232 g/mol. The van der Waals surface area contributed by atoms with Gasteiger partial charge in [0.1, 0.15) is 5.69 Å². The standard InChI is InChI=1S/C9H7BrN2O/c1-12-8(5-13)9-6(10)3-2-4-7(9)11-12/h2-5H,1H3. The molecule has 0 atom stereocenters. The van der Waals surface area contributed by atoms with Crippen LogP contribution in [-0.4, -0.2) is 16.1 Å². The van der Waals surface area contributed by atoms with Crippen LogP contribution in [-0.2, 0) is 7.05 Å². The number of hydrogen-bond acceptors (Lipinski definition) is 2. The fourth-order valence-corrected chi connectivity index (χ4v) is 1.92. The Balaban J connectivity index is 2.96. The number of aromatic nitrogens is 2. The monoisotopic (exact) mass is 238 g/mol. The second-order valence-corrected chi connectivity index (χ2v) is 3.61. The zero-order chi connectivity index (χ0) is 9.42. The third-order valence-corrected chi connectivity index (χ3v) is 2.63. The molecule has 1 aromatic heterocycles. The average molecular weight is 239 g/mol. The maximum absolute atomic E-state index is 10.8. The molecule has 0 fully saturated rings. The Morgan fingerprint density at radius 2 is 2.31 bits per heavy atom. The van der Waals surface area contributed by atoms with Crippen molar-refractivity contribution in [1.82, 2.24) is 9.78 Å². The number of fused-ring (bicyclic) bond motifs is 1. The van der Waals surface area contributed by atoms with Crippen molar-refractivity contribution in [3.05, 3.63) is 28.4 Å². The van der Waals surface area contributed by atoms with Crippen molar-refractivity contribution >= 4 is 33.1 Å². The van der Waals surface area contributed by atoms with Crippen LogP contribution in [0.4, 0.5) is 0 Å². The molecule has 0 aliphatic carbocycles. The van der Waals surface area contributed by atoms with E-state index in [1.54, 1.807) is 11.7 Å². The normalized spacial score (nSPS) is 10.6. The van der Waals surface area contributed by atoms with E-state index in [4.69, 9.17) is 0 Å². The molecule has 0 amide bonds. The smallest absolute Gasteiger partial charge is 0.168 e. The van der Waals surface area contributed by atoms with E-state index in [-0.39, 0.29) is 0 Å². The maximum Gasteiger partial charge on any atom is 0.168 e. The van der Waals surface area contributed by atoms with Crippen LogP contribution in [0.3, 0.4) is 0 Å². The first-order valence-corrected chi connectivity index (χ1v) is 4.59. The van der Waals surface area contributed by atoms with Crippen LogP contribution in [0.5, 0.6) is 0 Å². The number of hydrogen-bond donors (Lipinski definition) is 0. The van der Waals surface area contributed by atoms with Gasteiger partial charge in [0.15, 0.2) is 6.29 Å². The minimum absolute atomic E-state index is 0.600. The number of carbonyl (C=O) groups excluding carboxylic acids is 1. The third kappa shape index (κ3) is 1.18. The van der Waals surface area contributed by atoms with Crippen LogP contribution in [0.1, 0.15) is 10.5 Å². The summed E-state index contributed by atoms with van der Waals surface area (Å²) in [6.07, 6.45) is 0.820. The number of benzene rings is 1. The topological polar surface area (TPSA) is 34.9 Å². The molecule has 2 aromatic rings. The number of halogens is 1. The first-order valence-electron chi connectivity index (χ1n) is 3.80. The van der Waals surface area contributed by atoms with Crippen molar-refractivity contribution in [2.45, 2.75) is 0 Å². The van der Waals surface area contributed by atoms with Crippen LogP contribution in [0.15, 0.2) is 22.7 Å². The van der Waals surface area contributed by atoms with Gasteiger partial charge in [0.2, 0.25) is 0 Å². The van der Waals surface area contributed by atoms with Crippen LogP contribution in [0.25, 0.3) is 10.9 Å². The minimum Gasteiger partial charge on any atom is -0.296 e. The SMILES string of the molecule is Cn1nc2cccc(Br)c2c1C=O. The summed E-state index contributed by atoms with van der Waals surface area (Å²) >= 11 is 3.39. The number of nitrogens with zero attached hydrogens (tertiary/aromatic N) is 2. The second kappa shape index (κ2) is 2.96. The van der Waals surface area contributed by atoms with Gasteiger partial charge in [-0.3, -0.25) is 9.48 Å². The Hall–Kier alpha value is -1.16. The Kier molecular flexibility index (Phi) is 1.92. The zero-order valence-electron chi connectivity index (χ0n) is 6.99. The van der Waals surface area contributed by atoms with Crippen LogP contribution in [0, 0.1) is 0 Å². The lowest BCUT2D eigenvalue weighted by Gasteiger charge is -1.93. The predicted octanol–water partition coefficient (Wildman–Crippen LogP) is 2.15. The number of aldehydes is 1. The van der Waals surface area contributed by atoms with Crippen molar-refractivity contribution in [3.63, 3.8) is 0 Å². The highest BCUT2D eigenvalue weighted by atomic mass is 79.9. The fraction of sp³-hybridized carbons (Fsp3) is 0.111. The van der Waals surface area contributed by atoms with Gasteiger partial charge in [-0.15, -0.1) is 0 Å². The molecule has 0 radical (unpaired) electrons. The highest BCUT2D eigenvalue weighted by molar-refractivity contribution is 9.10. The number of rotatable bonds is 1. The molecule has 0 bridgehead atoms. The van der Waals surface area contributed by atoms with Crippen molar-refractivity contribution in [1.29, 1.82) is 0 Å². The van der Waals surface area contributed by atoms with Gasteiger partial charge in [-0.2, -0.15) is 5.10 Å². The lowest BCUT2D eigenvalue weighted by Crippen LogP contribution is -1.95. The quantitative estimate of drug-likeness (QED) is 0.714. The fourth-order valence-electron chi connectivity index (χ4n) is 1.36. The summed E-state index contributed by atoms with van der Waals surface area (Å²) < 4.78 is 2.49. The highest BCUT2D eigenvalue weighted by Gasteiger charge is 2.09. The lowest BCUT2D eigenvalue weighted by molar-refractivity contribution is 0.111. The van der Waals surface area contributed by atoms with E-state index in [0.29, 0.717) is 5.69 Å². The molecule has 0 N–H and O–H groups in total. The highest BCUT2D eigenvalue weighted by Crippen LogP contribution is 2.25. The first-order chi connectivity index (χ1) is 6.24. The van der Waals surface area contributed by atoms with Crippen molar-refractivity contribution in [3.8, 4) is 0 Å². The summed E-state index contributed by atoms with van der Waals surface area (Å²) in [7, 11) is 1.76. The molecule has 0 spiro atoms. The summed E-state index contributed by atoms with van der Waals surface area (Å²) in [4.78, 5) is 10.8. The molecule has 0 saturated carbocycles. The molecule has 0 aliphatic rings. The molecule has 1 aromatic carbocycles. The summed E-state index contributed by atoms with van der Waals surface area (Å²) in [6.45, 7) is 0. The predicted molar refractivity (Wildman–Crippen MR) is 53.8 cm³/mol. The van der Waals surface area contributed by atoms with Crippen molar-refractivity contribution in [2.75, 3.05) is 0 Å². The van der Waals surface area contributed by atoms with Gasteiger partial charge in [-0.05, 0) is 12.1 Å². The van der Waals surface area contributed by atoms with Gasteiger partial charge in [-0.25, -0.2) is 0 Å². The van der Waals surface area contributed by atoms with Gasteiger partial charge >= 0.3 is 0 Å². The summed E-state index contributed by atoms with van der Waals surface area (Å²) in [5.41, 5.74) is 1.43. The molecule has 13 heavy (non-hydrogen) atoms. The Bertz CT molecular complexity index is 476. The molecule has 2 rings (SSSR count). The van der Waals surface area contributed by atoms with Crippen molar-refractivity contribution < 1.29 is 4.79 Å². The molecular formula is C9H7BrN2O. The maximum atomic E-state index is 10.8. The zero-order valence-corrected chi connectivity index (χ0v) is 8.58. The molecule has 1 heterocycles. The summed E-state index contributed by atoms with van der Waals surface area (Å²) in [6, 6.07) is 5.68. The lowest BCUT2D eigenvalue weighted by atomic mass is 10.2. The van der Waals surface area contributed by atoms with Gasteiger partial charge in [-0.1, -0.05) is 22.0 Å². The third-order valence-electron chi connectivity index (χ3n) is 1.97. The Morgan fingerprint density at radius 1 is 1.54 bits per heavy atom. The molecule has 3 nitrogen and oxygen atoms in total. The first kappa shape index (κ1) is 8.44.